The Morgan fingerprint density at radius 1 is 1.13 bits per heavy atom. The summed E-state index contributed by atoms with van der Waals surface area (Å²) in [6, 6.07) is 13.9. The molecule has 7 heteroatoms. The summed E-state index contributed by atoms with van der Waals surface area (Å²) < 4.78 is 26.5. The summed E-state index contributed by atoms with van der Waals surface area (Å²) in [5.74, 6) is -0.652. The van der Waals surface area contributed by atoms with Crippen LogP contribution in [-0.2, 0) is 20.6 Å². The Hall–Kier alpha value is -1.89. The lowest BCUT2D eigenvalue weighted by Gasteiger charge is -2.10. The van der Waals surface area contributed by atoms with E-state index in [2.05, 4.69) is 10.0 Å². The maximum atomic E-state index is 12.1. The lowest BCUT2D eigenvalue weighted by molar-refractivity contribution is -0.115. The van der Waals surface area contributed by atoms with Crippen molar-refractivity contribution >= 4 is 33.2 Å². The highest BCUT2D eigenvalue weighted by Gasteiger charge is 2.15. The summed E-state index contributed by atoms with van der Waals surface area (Å²) in [6.45, 7) is 1.49. The predicted octanol–water partition coefficient (Wildman–Crippen LogP) is 2.71. The van der Waals surface area contributed by atoms with Gasteiger partial charge in [-0.15, -0.1) is 0 Å². The Kier molecular flexibility index (Phi) is 5.76. The van der Waals surface area contributed by atoms with Gasteiger partial charge in [0.05, 0.1) is 12.3 Å². The number of sulfonamides is 1. The molecule has 0 atom stereocenters. The molecule has 2 aromatic rings. The zero-order chi connectivity index (χ0) is 16.9. The molecule has 2 rings (SSSR count). The third kappa shape index (κ3) is 5.67. The van der Waals surface area contributed by atoms with Crippen LogP contribution in [-0.4, -0.2) is 20.9 Å². The van der Waals surface area contributed by atoms with Crippen LogP contribution in [0.2, 0.25) is 5.02 Å². The summed E-state index contributed by atoms with van der Waals surface area (Å²) in [7, 11) is -3.63. The molecule has 2 N–H and O–H groups in total. The molecule has 2 aromatic carbocycles. The van der Waals surface area contributed by atoms with E-state index in [0.29, 0.717) is 16.3 Å². The highest BCUT2D eigenvalue weighted by atomic mass is 35.5. The van der Waals surface area contributed by atoms with Gasteiger partial charge < -0.3 is 5.32 Å². The number of carbonyl (C=O) groups is 1. The van der Waals surface area contributed by atoms with E-state index in [4.69, 9.17) is 11.6 Å². The van der Waals surface area contributed by atoms with Crippen LogP contribution in [0.15, 0.2) is 48.5 Å². The van der Waals surface area contributed by atoms with Crippen molar-refractivity contribution in [1.82, 2.24) is 4.72 Å². The highest BCUT2D eigenvalue weighted by Crippen LogP contribution is 2.17. The average Bonchev–Trinajstić information content (AvgIpc) is 2.50. The first-order valence-electron chi connectivity index (χ1n) is 6.93. The summed E-state index contributed by atoms with van der Waals surface area (Å²) in [6.07, 6.45) is 0. The van der Waals surface area contributed by atoms with Gasteiger partial charge >= 0.3 is 0 Å². The van der Waals surface area contributed by atoms with Crippen LogP contribution in [0, 0.1) is 6.92 Å². The van der Waals surface area contributed by atoms with Gasteiger partial charge in [0.25, 0.3) is 0 Å². The third-order valence-corrected chi connectivity index (χ3v) is 4.68. The zero-order valence-corrected chi connectivity index (χ0v) is 14.1. The minimum Gasteiger partial charge on any atom is -0.325 e. The minimum absolute atomic E-state index is 0.224. The normalized spacial score (nSPS) is 11.2. The summed E-state index contributed by atoms with van der Waals surface area (Å²) >= 11 is 5.88. The second kappa shape index (κ2) is 7.59. The molecule has 0 spiro atoms. The molecule has 122 valence electrons. The van der Waals surface area contributed by atoms with Crippen LogP contribution in [0.1, 0.15) is 11.1 Å². The Bertz CT molecular complexity index is 792. The molecule has 0 aromatic heterocycles. The fourth-order valence-corrected chi connectivity index (χ4v) is 3.32. The van der Waals surface area contributed by atoms with Gasteiger partial charge in [-0.3, -0.25) is 4.79 Å². The molecule has 0 bridgehead atoms. The van der Waals surface area contributed by atoms with E-state index < -0.39 is 15.9 Å². The molecule has 0 heterocycles. The van der Waals surface area contributed by atoms with Crippen molar-refractivity contribution in [2.24, 2.45) is 0 Å². The number of aryl methyl sites for hydroxylation is 1. The zero-order valence-electron chi connectivity index (χ0n) is 12.5. The third-order valence-electron chi connectivity index (χ3n) is 3.17. The second-order valence-electron chi connectivity index (χ2n) is 5.07. The second-order valence-corrected chi connectivity index (χ2v) is 7.31. The number of carbonyl (C=O) groups excluding carboxylic acids is 1. The van der Waals surface area contributed by atoms with Crippen molar-refractivity contribution in [3.63, 3.8) is 0 Å². The minimum atomic E-state index is -3.63. The van der Waals surface area contributed by atoms with E-state index in [1.54, 1.807) is 42.5 Å². The maximum Gasteiger partial charge on any atom is 0.239 e. The van der Waals surface area contributed by atoms with Crippen LogP contribution in [0.5, 0.6) is 0 Å². The number of hydrogen-bond donors (Lipinski definition) is 2. The van der Waals surface area contributed by atoms with Gasteiger partial charge in [-0.25, -0.2) is 13.1 Å². The first kappa shape index (κ1) is 17.5. The van der Waals surface area contributed by atoms with E-state index >= 15 is 0 Å². The molecule has 1 amide bonds. The van der Waals surface area contributed by atoms with Crippen LogP contribution in [0.3, 0.4) is 0 Å². The highest BCUT2D eigenvalue weighted by molar-refractivity contribution is 7.88. The van der Waals surface area contributed by atoms with E-state index in [9.17, 15) is 13.2 Å². The predicted molar refractivity (Wildman–Crippen MR) is 91.9 cm³/mol. The van der Waals surface area contributed by atoms with Gasteiger partial charge in [-0.05, 0) is 42.3 Å². The molecular formula is C16H17ClN2O3S. The SMILES string of the molecule is Cc1ccc(Cl)cc1CS(=O)(=O)NCC(=O)Nc1ccccc1. The summed E-state index contributed by atoms with van der Waals surface area (Å²) in [5.41, 5.74) is 2.05. The number of amides is 1. The molecule has 0 saturated heterocycles. The van der Waals surface area contributed by atoms with Crippen LogP contribution in [0.25, 0.3) is 0 Å². The summed E-state index contributed by atoms with van der Waals surface area (Å²) in [4.78, 5) is 11.8. The van der Waals surface area contributed by atoms with Crippen molar-refractivity contribution in [3.8, 4) is 0 Å². The van der Waals surface area contributed by atoms with E-state index in [-0.39, 0.29) is 12.3 Å². The maximum absolute atomic E-state index is 12.1. The average molecular weight is 353 g/mol. The van der Waals surface area contributed by atoms with Crippen molar-refractivity contribution in [2.45, 2.75) is 12.7 Å². The first-order valence-corrected chi connectivity index (χ1v) is 8.96. The number of nitrogens with one attached hydrogen (secondary N) is 2. The number of benzene rings is 2. The Morgan fingerprint density at radius 2 is 1.83 bits per heavy atom. The lowest BCUT2D eigenvalue weighted by atomic mass is 10.1. The van der Waals surface area contributed by atoms with Crippen LogP contribution < -0.4 is 10.0 Å². The molecule has 5 nitrogen and oxygen atoms in total. The number of para-hydroxylation sites is 1. The quantitative estimate of drug-likeness (QED) is 0.839. The fourth-order valence-electron chi connectivity index (χ4n) is 1.95. The molecule has 0 aliphatic rings. The topological polar surface area (TPSA) is 75.3 Å². The Morgan fingerprint density at radius 3 is 2.52 bits per heavy atom. The first-order chi connectivity index (χ1) is 10.9. The van der Waals surface area contributed by atoms with Gasteiger partial charge in [0.15, 0.2) is 0 Å². The summed E-state index contributed by atoms with van der Waals surface area (Å²) in [5, 5.41) is 3.09. The molecule has 0 radical (unpaired) electrons. The van der Waals surface area contributed by atoms with Gasteiger partial charge in [-0.1, -0.05) is 35.9 Å². The number of halogens is 1. The molecule has 0 aliphatic carbocycles. The number of rotatable bonds is 6. The number of anilines is 1. The fraction of sp³-hybridized carbons (Fsp3) is 0.188. The van der Waals surface area contributed by atoms with Crippen LogP contribution >= 0.6 is 11.6 Å². The van der Waals surface area contributed by atoms with Gasteiger partial charge in [0.1, 0.15) is 0 Å². The van der Waals surface area contributed by atoms with Crippen LogP contribution in [0.4, 0.5) is 5.69 Å². The van der Waals surface area contributed by atoms with Crippen molar-refractivity contribution in [1.29, 1.82) is 0 Å². The smallest absolute Gasteiger partial charge is 0.239 e. The molecule has 0 saturated carbocycles. The molecular weight excluding hydrogens is 336 g/mol. The van der Waals surface area contributed by atoms with Gasteiger partial charge in [0, 0.05) is 10.7 Å². The van der Waals surface area contributed by atoms with Gasteiger partial charge in [0.2, 0.25) is 15.9 Å². The Balaban J connectivity index is 1.93. The van der Waals surface area contributed by atoms with Gasteiger partial charge in [-0.2, -0.15) is 0 Å². The molecule has 0 aliphatic heterocycles. The van der Waals surface area contributed by atoms with E-state index in [0.717, 1.165) is 5.56 Å². The molecule has 0 unspecified atom stereocenters. The van der Waals surface area contributed by atoms with Crippen molar-refractivity contribution in [2.75, 3.05) is 11.9 Å². The molecule has 0 fully saturated rings. The van der Waals surface area contributed by atoms with Crippen molar-refractivity contribution in [3.05, 3.63) is 64.7 Å². The van der Waals surface area contributed by atoms with Crippen molar-refractivity contribution < 1.29 is 13.2 Å². The largest absolute Gasteiger partial charge is 0.325 e. The number of hydrogen-bond acceptors (Lipinski definition) is 3. The van der Waals surface area contributed by atoms with E-state index in [1.165, 1.54) is 0 Å². The lowest BCUT2D eigenvalue weighted by Crippen LogP contribution is -2.33. The standard InChI is InChI=1S/C16H17ClN2O3S/c1-12-7-8-14(17)9-13(12)11-23(21,22)18-10-16(20)19-15-5-3-2-4-6-15/h2-9,18H,10-11H2,1H3,(H,19,20). The monoisotopic (exact) mass is 352 g/mol. The molecule has 23 heavy (non-hydrogen) atoms. The Labute approximate surface area is 140 Å². The van der Waals surface area contributed by atoms with E-state index in [1.807, 2.05) is 13.0 Å².